The second-order valence-corrected chi connectivity index (χ2v) is 12.7. The zero-order valence-electron chi connectivity index (χ0n) is 24.1. The van der Waals surface area contributed by atoms with Crippen molar-refractivity contribution in [1.29, 1.82) is 0 Å². The normalized spacial score (nSPS) is 15.5. The molecule has 0 spiro atoms. The number of nitrogens with zero attached hydrogens (tertiary/aromatic N) is 3. The van der Waals surface area contributed by atoms with Gasteiger partial charge in [0.05, 0.1) is 28.3 Å². The first kappa shape index (κ1) is 28.9. The van der Waals surface area contributed by atoms with Crippen molar-refractivity contribution in [3.63, 3.8) is 0 Å². The zero-order valence-corrected chi connectivity index (χ0v) is 26.5. The molecule has 2 aliphatic rings. The van der Waals surface area contributed by atoms with Crippen LogP contribution in [0.3, 0.4) is 0 Å². The number of benzene rings is 4. The zero-order chi connectivity index (χ0) is 31.1. The Labute approximate surface area is 270 Å². The van der Waals surface area contributed by atoms with Gasteiger partial charge in [-0.3, -0.25) is 19.5 Å². The van der Waals surface area contributed by atoms with Gasteiger partial charge in [0.1, 0.15) is 18.1 Å². The highest BCUT2D eigenvalue weighted by molar-refractivity contribution is 9.10. The van der Waals surface area contributed by atoms with Gasteiger partial charge in [0, 0.05) is 27.7 Å². The highest BCUT2D eigenvalue weighted by Crippen LogP contribution is 2.41. The molecule has 4 aromatic carbocycles. The number of rotatable bonds is 7. The smallest absolute Gasteiger partial charge is 0.271 e. The molecule has 0 N–H and O–H groups in total. The number of halogens is 1. The van der Waals surface area contributed by atoms with E-state index < -0.39 is 4.92 Å². The molecule has 0 bridgehead atoms. The van der Waals surface area contributed by atoms with Gasteiger partial charge in [0.15, 0.2) is 4.80 Å². The Balaban J connectivity index is 1.33. The van der Waals surface area contributed by atoms with Gasteiger partial charge < -0.3 is 9.47 Å². The summed E-state index contributed by atoms with van der Waals surface area (Å²) in [5, 5.41) is 11.0. The average molecular weight is 681 g/mol. The first-order valence-corrected chi connectivity index (χ1v) is 15.9. The van der Waals surface area contributed by atoms with Crippen LogP contribution >= 0.6 is 27.3 Å². The fourth-order valence-corrected chi connectivity index (χ4v) is 7.26. The van der Waals surface area contributed by atoms with Gasteiger partial charge in [-0.2, -0.15) is 0 Å². The molecule has 45 heavy (non-hydrogen) atoms. The van der Waals surface area contributed by atoms with Crippen LogP contribution in [0, 0.1) is 10.1 Å². The molecule has 0 saturated heterocycles. The third kappa shape index (κ3) is 5.51. The largest absolute Gasteiger partial charge is 0.497 e. The van der Waals surface area contributed by atoms with Crippen LogP contribution in [0.15, 0.2) is 111 Å². The molecule has 1 aliphatic heterocycles. The van der Waals surface area contributed by atoms with Gasteiger partial charge in [0.25, 0.3) is 11.2 Å². The number of aromatic nitrogens is 1. The second-order valence-electron chi connectivity index (χ2n) is 10.8. The van der Waals surface area contributed by atoms with E-state index in [0.717, 1.165) is 56.6 Å². The summed E-state index contributed by atoms with van der Waals surface area (Å²) < 4.78 is 14.8. The van der Waals surface area contributed by atoms with E-state index >= 15 is 0 Å². The van der Waals surface area contributed by atoms with Gasteiger partial charge >= 0.3 is 0 Å². The average Bonchev–Trinajstić information content (AvgIpc) is 3.37. The Kier molecular flexibility index (Phi) is 7.68. The van der Waals surface area contributed by atoms with Crippen molar-refractivity contribution in [3.8, 4) is 11.5 Å². The highest BCUT2D eigenvalue weighted by atomic mass is 79.9. The molecule has 0 fully saturated rings. The maximum Gasteiger partial charge on any atom is 0.271 e. The first-order valence-electron chi connectivity index (χ1n) is 14.3. The lowest BCUT2D eigenvalue weighted by Crippen LogP contribution is -2.38. The number of nitro benzene ring substituents is 1. The van der Waals surface area contributed by atoms with Crippen molar-refractivity contribution >= 4 is 44.7 Å². The molecule has 10 heteroatoms. The van der Waals surface area contributed by atoms with E-state index in [1.165, 1.54) is 29.0 Å². The van der Waals surface area contributed by atoms with Crippen LogP contribution in [0.2, 0.25) is 0 Å². The summed E-state index contributed by atoms with van der Waals surface area (Å²) in [7, 11) is 1.64. The van der Waals surface area contributed by atoms with Gasteiger partial charge in [0.2, 0.25) is 0 Å². The number of thiazole rings is 1. The predicted octanol–water partition coefficient (Wildman–Crippen LogP) is 6.58. The van der Waals surface area contributed by atoms with Crippen LogP contribution in [-0.4, -0.2) is 16.6 Å². The summed E-state index contributed by atoms with van der Waals surface area (Å²) in [6.45, 7) is 0.214. The molecule has 1 unspecified atom stereocenters. The van der Waals surface area contributed by atoms with Gasteiger partial charge in [-0.05, 0) is 83.6 Å². The van der Waals surface area contributed by atoms with E-state index in [1.807, 2.05) is 59.2 Å². The molecule has 7 rings (SSSR count). The molecule has 1 aliphatic carbocycles. The quantitative estimate of drug-likeness (QED) is 0.143. The van der Waals surface area contributed by atoms with Crippen molar-refractivity contribution in [2.24, 2.45) is 4.99 Å². The third-order valence-corrected chi connectivity index (χ3v) is 9.58. The lowest BCUT2D eigenvalue weighted by Gasteiger charge is -2.30. The van der Waals surface area contributed by atoms with Crippen molar-refractivity contribution < 1.29 is 14.4 Å². The van der Waals surface area contributed by atoms with Gasteiger partial charge in [-0.1, -0.05) is 63.7 Å². The molecule has 0 saturated carbocycles. The van der Waals surface area contributed by atoms with Crippen LogP contribution in [-0.2, 0) is 13.0 Å². The molecular formula is C35H26BrN3O5S. The topological polar surface area (TPSA) is 96.0 Å². The van der Waals surface area contributed by atoms with E-state index in [9.17, 15) is 14.9 Å². The summed E-state index contributed by atoms with van der Waals surface area (Å²) in [4.78, 5) is 30.6. The van der Waals surface area contributed by atoms with Crippen LogP contribution in [0.5, 0.6) is 11.5 Å². The minimum absolute atomic E-state index is 0.0246. The summed E-state index contributed by atoms with van der Waals surface area (Å²) >= 11 is 4.92. The fraction of sp³-hybridized carbons (Fsp3) is 0.143. The van der Waals surface area contributed by atoms with E-state index in [4.69, 9.17) is 14.5 Å². The number of methoxy groups -OCH3 is 1. The van der Waals surface area contributed by atoms with Gasteiger partial charge in [-0.25, -0.2) is 4.99 Å². The highest BCUT2D eigenvalue weighted by Gasteiger charge is 2.32. The number of ether oxygens (including phenoxy) is 2. The molecule has 1 aromatic heterocycles. The van der Waals surface area contributed by atoms with Crippen molar-refractivity contribution in [1.82, 2.24) is 4.57 Å². The monoisotopic (exact) mass is 679 g/mol. The van der Waals surface area contributed by atoms with Crippen molar-refractivity contribution in [2.75, 3.05) is 7.11 Å². The molecular weight excluding hydrogens is 654 g/mol. The Hall–Kier alpha value is -4.80. The second kappa shape index (κ2) is 11.9. The number of aryl methyl sites for hydroxylation is 1. The number of hydrogen-bond donors (Lipinski definition) is 0. The third-order valence-electron chi connectivity index (χ3n) is 8.10. The maximum atomic E-state index is 14.2. The van der Waals surface area contributed by atoms with E-state index in [0.29, 0.717) is 15.1 Å². The first-order chi connectivity index (χ1) is 21.9. The molecule has 1 atom stereocenters. The predicted molar refractivity (Wildman–Crippen MR) is 177 cm³/mol. The van der Waals surface area contributed by atoms with E-state index in [-0.39, 0.29) is 23.9 Å². The molecule has 0 amide bonds. The number of allylic oxidation sites excluding steroid dienone is 1. The number of hydrogen-bond acceptors (Lipinski definition) is 7. The molecule has 0 radical (unpaired) electrons. The van der Waals surface area contributed by atoms with Crippen LogP contribution in [0.25, 0.3) is 11.8 Å². The number of fused-ring (bicyclic) bond motifs is 3. The Morgan fingerprint density at radius 2 is 1.82 bits per heavy atom. The number of non-ortho nitro benzene ring substituents is 1. The lowest BCUT2D eigenvalue weighted by molar-refractivity contribution is -0.384. The lowest BCUT2D eigenvalue weighted by atomic mass is 9.83. The summed E-state index contributed by atoms with van der Waals surface area (Å²) in [6.07, 6.45) is 3.54. The minimum atomic E-state index is -0.429. The molecule has 8 nitrogen and oxygen atoms in total. The molecule has 5 aromatic rings. The van der Waals surface area contributed by atoms with Crippen LogP contribution < -0.4 is 24.4 Å². The van der Waals surface area contributed by atoms with E-state index in [1.54, 1.807) is 19.2 Å². The fourth-order valence-electron chi connectivity index (χ4n) is 5.89. The Bertz CT molecular complexity index is 2170. The maximum absolute atomic E-state index is 14.2. The van der Waals surface area contributed by atoms with Crippen molar-refractivity contribution in [2.45, 2.75) is 25.5 Å². The SMILES string of the molecule is COc1ccc(C2C3=C(N=c4sc(=Cc5cc(Br)ccc5OCc5ccc([N+](=O)[O-])cc5)c(=O)n42)c2ccccc2CC3)cc1. The molecule has 2 heterocycles. The van der Waals surface area contributed by atoms with E-state index in [2.05, 4.69) is 34.1 Å². The standard InChI is InChI=1S/C35H26BrN3O5S/c1-43-27-14-8-23(9-15-27)33-29-16-10-22-4-2-3-5-28(22)32(29)37-35-38(33)34(40)31(45-35)19-24-18-25(36)11-17-30(24)44-20-21-6-12-26(13-7-21)39(41)42/h2-9,11-15,17-19,33H,10,16,20H2,1H3. The van der Waals surface area contributed by atoms with Crippen LogP contribution in [0.1, 0.15) is 40.3 Å². The van der Waals surface area contributed by atoms with Crippen LogP contribution in [0.4, 0.5) is 5.69 Å². The summed E-state index contributed by atoms with van der Waals surface area (Å²) in [5.41, 5.74) is 6.88. The Morgan fingerprint density at radius 1 is 1.04 bits per heavy atom. The van der Waals surface area contributed by atoms with Gasteiger partial charge in [-0.15, -0.1) is 0 Å². The summed E-state index contributed by atoms with van der Waals surface area (Å²) in [5.74, 6) is 1.34. The molecule has 224 valence electrons. The number of nitro groups is 1. The van der Waals surface area contributed by atoms with Crippen molar-refractivity contribution in [3.05, 3.63) is 159 Å². The Morgan fingerprint density at radius 3 is 2.58 bits per heavy atom. The minimum Gasteiger partial charge on any atom is -0.497 e. The summed E-state index contributed by atoms with van der Waals surface area (Å²) in [6, 6.07) is 27.9.